The van der Waals surface area contributed by atoms with Crippen molar-refractivity contribution in [2.45, 2.75) is 133 Å². The van der Waals surface area contributed by atoms with Crippen molar-refractivity contribution in [2.75, 3.05) is 13.2 Å². The van der Waals surface area contributed by atoms with E-state index in [9.17, 15) is 49.5 Å². The van der Waals surface area contributed by atoms with Gasteiger partial charge in [0.05, 0.1) is 42.3 Å². The maximum atomic E-state index is 16.2. The molecule has 6 N–H and O–H groups in total. The number of carbonyl (C=O) groups excluding carboxylic acids is 6. The highest BCUT2D eigenvalue weighted by atomic mass is 16.7. The van der Waals surface area contributed by atoms with Crippen molar-refractivity contribution in [1.29, 1.82) is 0 Å². The van der Waals surface area contributed by atoms with Gasteiger partial charge in [0.15, 0.2) is 29.9 Å². The number of aliphatic hydroxyl groups excluding tert-OH is 4. The molecule has 1 amide bonds. The zero-order chi connectivity index (χ0) is 51.4. The Kier molecular flexibility index (Phi) is 14.2. The van der Waals surface area contributed by atoms with E-state index in [-0.39, 0.29) is 28.7 Å². The van der Waals surface area contributed by atoms with Crippen LogP contribution < -0.4 is 5.32 Å². The molecule has 15 atom stereocenters. The van der Waals surface area contributed by atoms with E-state index in [1.165, 1.54) is 39.8 Å². The first-order chi connectivity index (χ1) is 33.6. The number of carbonyl (C=O) groups is 6. The summed E-state index contributed by atoms with van der Waals surface area (Å²) in [4.78, 5) is 85.6. The van der Waals surface area contributed by atoms with Crippen LogP contribution in [0.4, 0.5) is 0 Å². The third-order valence-corrected chi connectivity index (χ3v) is 15.2. The lowest BCUT2D eigenvalue weighted by molar-refractivity contribution is -0.366. The normalized spacial score (nSPS) is 34.8. The molecule has 2 aliphatic heterocycles. The number of Topliss-reactive ketones (excluding diaryl/α,β-unsaturated/α-hetero) is 1. The van der Waals surface area contributed by atoms with Crippen LogP contribution in [0.2, 0.25) is 0 Å². The van der Waals surface area contributed by atoms with Gasteiger partial charge >= 0.3 is 23.9 Å². The second-order valence-electron chi connectivity index (χ2n) is 19.7. The average Bonchev–Trinajstić information content (AvgIpc) is 3.34. The maximum Gasteiger partial charge on any atom is 0.338 e. The zero-order valence-electron chi connectivity index (χ0n) is 40.0. The molecule has 3 aliphatic carbocycles. The Labute approximate surface area is 409 Å². The van der Waals surface area contributed by atoms with Crippen LogP contribution >= 0.6 is 0 Å². The molecule has 2 heterocycles. The monoisotopic (exact) mass is 985 g/mol. The van der Waals surface area contributed by atoms with Crippen LogP contribution in [0.1, 0.15) is 86.7 Å². The van der Waals surface area contributed by atoms with E-state index in [1.54, 1.807) is 78.9 Å². The zero-order valence-corrected chi connectivity index (χ0v) is 40.0. The molecule has 0 radical (unpaired) electrons. The molecule has 0 spiro atoms. The van der Waals surface area contributed by atoms with E-state index in [4.69, 9.17) is 33.2 Å². The minimum Gasteiger partial charge on any atom is -0.456 e. The summed E-state index contributed by atoms with van der Waals surface area (Å²) in [6.45, 7) is 7.24. The van der Waals surface area contributed by atoms with Crippen molar-refractivity contribution in [3.8, 4) is 0 Å². The Morgan fingerprint density at radius 1 is 0.789 bits per heavy atom. The fourth-order valence-electron chi connectivity index (χ4n) is 11.4. The number of fused-ring (bicyclic) bond motifs is 5. The fraction of sp³-hybridized carbons (Fsp3) is 0.500. The predicted molar refractivity (Wildman–Crippen MR) is 244 cm³/mol. The molecule has 0 aromatic heterocycles. The standard InChI is InChI=1S/C52H59NO18/c1-26-33(68-47(63)39(58)37(29-16-10-7-11-17-29)53-45(61)30-18-12-8-13-19-30)23-52(64)44(70-46(62)31-20-14-9-15-21-31)42-50(6,43(60)41(67-27(2)54)36(26)49(52,4)5)34(22-35-51(42,25-66-35)71-28(3)55)69-48-40(59)38(57)32(56)24-65-48/h7-21,32-35,37-42,44,48,56-59,64H,22-25H2,1-6H3,(H,53,61)/t32-,33+,34+,35-,37+,38+,39-,40-,41-,42?,44+,48?,50-,51+,52-/m1/s1. The predicted octanol–water partition coefficient (Wildman–Crippen LogP) is 2.20. The number of ketones is 1. The molecule has 380 valence electrons. The van der Waals surface area contributed by atoms with Gasteiger partial charge in [-0.1, -0.05) is 80.6 Å². The van der Waals surface area contributed by atoms with Crippen molar-refractivity contribution in [3.63, 3.8) is 0 Å². The molecule has 71 heavy (non-hydrogen) atoms. The van der Waals surface area contributed by atoms with E-state index < -0.39 is 150 Å². The van der Waals surface area contributed by atoms with Gasteiger partial charge in [0.2, 0.25) is 0 Å². The van der Waals surface area contributed by atoms with Gasteiger partial charge in [0, 0.05) is 37.7 Å². The van der Waals surface area contributed by atoms with Gasteiger partial charge in [-0.05, 0) is 54.8 Å². The van der Waals surface area contributed by atoms with E-state index >= 15 is 4.79 Å². The molecule has 8 rings (SSSR count). The smallest absolute Gasteiger partial charge is 0.338 e. The minimum atomic E-state index is -2.51. The van der Waals surface area contributed by atoms with Gasteiger partial charge in [-0.3, -0.25) is 19.2 Å². The van der Waals surface area contributed by atoms with Crippen LogP contribution in [0, 0.1) is 16.7 Å². The van der Waals surface area contributed by atoms with Crippen molar-refractivity contribution in [2.24, 2.45) is 16.7 Å². The highest BCUT2D eigenvalue weighted by molar-refractivity contribution is 5.96. The lowest BCUT2D eigenvalue weighted by Gasteiger charge is -2.68. The first kappa shape index (κ1) is 51.5. The van der Waals surface area contributed by atoms with Crippen LogP contribution in [-0.4, -0.2) is 147 Å². The Morgan fingerprint density at radius 3 is 1.97 bits per heavy atom. The van der Waals surface area contributed by atoms with Crippen LogP contribution in [0.3, 0.4) is 0 Å². The molecule has 3 aromatic carbocycles. The fourth-order valence-corrected chi connectivity index (χ4v) is 11.4. The number of ether oxygens (including phenoxy) is 7. The molecule has 3 aromatic rings. The van der Waals surface area contributed by atoms with E-state index in [2.05, 4.69) is 5.32 Å². The third-order valence-electron chi connectivity index (χ3n) is 15.2. The van der Waals surface area contributed by atoms with E-state index in [1.807, 2.05) is 0 Å². The summed E-state index contributed by atoms with van der Waals surface area (Å²) in [5.74, 6) is -7.31. The number of amides is 1. The third kappa shape index (κ3) is 8.96. The van der Waals surface area contributed by atoms with Crippen molar-refractivity contribution in [3.05, 3.63) is 119 Å². The Hall–Kier alpha value is -5.90. The number of aliphatic hydroxyl groups is 5. The summed E-state index contributed by atoms with van der Waals surface area (Å²) >= 11 is 0. The number of nitrogens with one attached hydrogen (secondary N) is 1. The largest absolute Gasteiger partial charge is 0.456 e. The molecule has 5 aliphatic rings. The van der Waals surface area contributed by atoms with Crippen LogP contribution in [0.25, 0.3) is 0 Å². The van der Waals surface area contributed by atoms with Crippen LogP contribution in [-0.2, 0) is 52.3 Å². The van der Waals surface area contributed by atoms with E-state index in [0.29, 0.717) is 5.56 Å². The number of hydrogen-bond acceptors (Lipinski definition) is 18. The second kappa shape index (κ2) is 19.6. The Bertz CT molecular complexity index is 2560. The van der Waals surface area contributed by atoms with Gasteiger partial charge < -0.3 is 64.0 Å². The topological polar surface area (TPSA) is 280 Å². The summed E-state index contributed by atoms with van der Waals surface area (Å²) in [5, 5.41) is 60.8. The second-order valence-corrected chi connectivity index (χ2v) is 19.7. The molecule has 2 saturated carbocycles. The van der Waals surface area contributed by atoms with Crippen LogP contribution in [0.5, 0.6) is 0 Å². The average molecular weight is 986 g/mol. The molecule has 2 unspecified atom stereocenters. The number of esters is 4. The summed E-state index contributed by atoms with van der Waals surface area (Å²) in [6, 6.07) is 22.6. The number of rotatable bonds is 12. The Balaban J connectivity index is 1.30. The highest BCUT2D eigenvalue weighted by Gasteiger charge is 2.79. The van der Waals surface area contributed by atoms with E-state index in [0.717, 1.165) is 13.8 Å². The molecule has 4 fully saturated rings. The van der Waals surface area contributed by atoms with Gasteiger partial charge in [-0.25, -0.2) is 9.59 Å². The molecule has 19 nitrogen and oxygen atoms in total. The lowest BCUT2D eigenvalue weighted by Crippen LogP contribution is -2.82. The van der Waals surface area contributed by atoms with Crippen LogP contribution in [0.15, 0.2) is 102 Å². The summed E-state index contributed by atoms with van der Waals surface area (Å²) in [6.07, 6.45) is -17.9. The maximum absolute atomic E-state index is 16.2. The first-order valence-electron chi connectivity index (χ1n) is 23.4. The molecule has 2 bridgehead atoms. The van der Waals surface area contributed by atoms with Gasteiger partial charge in [-0.15, -0.1) is 0 Å². The summed E-state index contributed by atoms with van der Waals surface area (Å²) in [7, 11) is 0. The van der Waals surface area contributed by atoms with Gasteiger partial charge in [-0.2, -0.15) is 0 Å². The lowest BCUT2D eigenvalue weighted by atomic mass is 9.44. The molecule has 2 saturated heterocycles. The molecular formula is C52H59NO18. The van der Waals surface area contributed by atoms with Crippen molar-refractivity contribution >= 4 is 35.6 Å². The molecular weight excluding hydrogens is 927 g/mol. The van der Waals surface area contributed by atoms with Gasteiger partial charge in [0.1, 0.15) is 42.2 Å². The van der Waals surface area contributed by atoms with Crippen molar-refractivity contribution in [1.82, 2.24) is 5.32 Å². The summed E-state index contributed by atoms with van der Waals surface area (Å²) < 4.78 is 43.1. The minimum absolute atomic E-state index is 0.0120. The highest BCUT2D eigenvalue weighted by Crippen LogP contribution is 2.65. The summed E-state index contributed by atoms with van der Waals surface area (Å²) in [5.41, 5.74) is -7.76. The van der Waals surface area contributed by atoms with Gasteiger partial charge in [0.25, 0.3) is 5.91 Å². The quantitative estimate of drug-likeness (QED) is 0.0862. The number of hydrogen-bond donors (Lipinski definition) is 6. The SMILES string of the molecule is CC(=O)O[C@H]1C(=O)[C@@]2(C)C([C@H](OC(=O)c3ccccc3)[C@]3(O)C[C@H](OC(=O)[C@H](O)[C@@H](NC(=O)c4ccccc4)c4ccccc4)C(C)=C1C3(C)C)[C@]1(OC(C)=O)CO[C@@H]1C[C@@H]2OC1OC[C@@H](O)[C@H](O)[C@H]1O. The Morgan fingerprint density at radius 2 is 1.39 bits per heavy atom. The first-order valence-corrected chi connectivity index (χ1v) is 23.4. The molecule has 19 heteroatoms. The van der Waals surface area contributed by atoms with Crippen molar-refractivity contribution < 1.29 is 87.5 Å². The number of benzene rings is 3.